The molecule has 1 rings (SSSR count). The van der Waals surface area contributed by atoms with Gasteiger partial charge < -0.3 is 10.2 Å². The molecule has 20 heavy (non-hydrogen) atoms. The lowest BCUT2D eigenvalue weighted by molar-refractivity contribution is -0.122. The maximum atomic E-state index is 12.1. The van der Waals surface area contributed by atoms with Crippen molar-refractivity contribution in [3.63, 3.8) is 0 Å². The number of nitrogens with zero attached hydrogens (tertiary/aromatic N) is 2. The van der Waals surface area contributed by atoms with Crippen molar-refractivity contribution >= 4 is 11.8 Å². The molecule has 0 spiro atoms. The molecule has 0 aliphatic rings. The molecule has 0 atom stereocenters. The zero-order valence-electron chi connectivity index (χ0n) is 13.1. The second kappa shape index (κ2) is 6.07. The van der Waals surface area contributed by atoms with Crippen LogP contribution in [0.3, 0.4) is 0 Å². The standard InChI is InChI=1S/C14H24N4O2/c1-9(2)10-7-11(17-16-10)13(20)18(6)8-12(19)15-14(3,4)5/h7,9H,8H2,1-6H3,(H,15,19)(H,16,17). The van der Waals surface area contributed by atoms with Gasteiger partial charge in [-0.15, -0.1) is 0 Å². The second-order valence-corrected chi connectivity index (χ2v) is 6.32. The van der Waals surface area contributed by atoms with Crippen molar-refractivity contribution in [1.29, 1.82) is 0 Å². The molecule has 6 heteroatoms. The number of hydrogen-bond acceptors (Lipinski definition) is 3. The summed E-state index contributed by atoms with van der Waals surface area (Å²) in [5, 5.41) is 9.65. The molecule has 112 valence electrons. The maximum absolute atomic E-state index is 12.1. The van der Waals surface area contributed by atoms with E-state index in [0.717, 1.165) is 5.69 Å². The number of aromatic nitrogens is 2. The van der Waals surface area contributed by atoms with Crippen molar-refractivity contribution in [1.82, 2.24) is 20.4 Å². The zero-order chi connectivity index (χ0) is 15.5. The Labute approximate surface area is 119 Å². The molecule has 0 unspecified atom stereocenters. The van der Waals surface area contributed by atoms with Crippen LogP contribution in [0.25, 0.3) is 0 Å². The number of hydrogen-bond donors (Lipinski definition) is 2. The van der Waals surface area contributed by atoms with E-state index in [0.29, 0.717) is 5.69 Å². The minimum Gasteiger partial charge on any atom is -0.350 e. The topological polar surface area (TPSA) is 78.1 Å². The quantitative estimate of drug-likeness (QED) is 0.877. The maximum Gasteiger partial charge on any atom is 0.274 e. The third kappa shape index (κ3) is 4.68. The molecule has 0 saturated carbocycles. The third-order valence-corrected chi connectivity index (χ3v) is 2.68. The van der Waals surface area contributed by atoms with Crippen LogP contribution in [0, 0.1) is 0 Å². The highest BCUT2D eigenvalue weighted by Crippen LogP contribution is 2.12. The van der Waals surface area contributed by atoms with Crippen LogP contribution in [-0.2, 0) is 4.79 Å². The fourth-order valence-electron chi connectivity index (χ4n) is 1.68. The van der Waals surface area contributed by atoms with Gasteiger partial charge >= 0.3 is 0 Å². The Kier molecular flexibility index (Phi) is 4.92. The van der Waals surface area contributed by atoms with Gasteiger partial charge in [0.1, 0.15) is 5.69 Å². The first kappa shape index (κ1) is 16.2. The summed E-state index contributed by atoms with van der Waals surface area (Å²) in [6.45, 7) is 9.74. The highest BCUT2D eigenvalue weighted by Gasteiger charge is 2.20. The summed E-state index contributed by atoms with van der Waals surface area (Å²) in [7, 11) is 1.59. The highest BCUT2D eigenvalue weighted by molar-refractivity contribution is 5.94. The fraction of sp³-hybridized carbons (Fsp3) is 0.643. The van der Waals surface area contributed by atoms with Crippen molar-refractivity contribution in [2.24, 2.45) is 0 Å². The predicted octanol–water partition coefficient (Wildman–Crippen LogP) is 1.52. The molecule has 0 bridgehead atoms. The van der Waals surface area contributed by atoms with Crippen LogP contribution in [0.1, 0.15) is 56.7 Å². The smallest absolute Gasteiger partial charge is 0.274 e. The minimum absolute atomic E-state index is 0.0139. The van der Waals surface area contributed by atoms with Gasteiger partial charge in [0.25, 0.3) is 5.91 Å². The number of H-pyrrole nitrogens is 1. The van der Waals surface area contributed by atoms with Gasteiger partial charge in [0.2, 0.25) is 5.91 Å². The number of carbonyl (C=O) groups excluding carboxylic acids is 2. The van der Waals surface area contributed by atoms with Crippen molar-refractivity contribution in [2.45, 2.75) is 46.1 Å². The fourth-order valence-corrected chi connectivity index (χ4v) is 1.68. The molecular weight excluding hydrogens is 256 g/mol. The van der Waals surface area contributed by atoms with Gasteiger partial charge in [-0.05, 0) is 32.8 Å². The van der Waals surface area contributed by atoms with Crippen LogP contribution in [0.15, 0.2) is 6.07 Å². The van der Waals surface area contributed by atoms with E-state index < -0.39 is 0 Å². The lowest BCUT2D eigenvalue weighted by Gasteiger charge is -2.23. The normalized spacial score (nSPS) is 11.6. The number of amides is 2. The van der Waals surface area contributed by atoms with Gasteiger partial charge in [-0.1, -0.05) is 13.8 Å². The summed E-state index contributed by atoms with van der Waals surface area (Å²) in [5.41, 5.74) is 0.929. The summed E-state index contributed by atoms with van der Waals surface area (Å²) in [5.74, 6) is -0.177. The van der Waals surface area contributed by atoms with Gasteiger partial charge in [0, 0.05) is 18.3 Å². The van der Waals surface area contributed by atoms with Crippen LogP contribution < -0.4 is 5.32 Å². The first-order valence-corrected chi connectivity index (χ1v) is 6.72. The number of nitrogens with one attached hydrogen (secondary N) is 2. The monoisotopic (exact) mass is 280 g/mol. The Hall–Kier alpha value is -1.85. The van der Waals surface area contributed by atoms with Crippen LogP contribution >= 0.6 is 0 Å². The number of likely N-dealkylation sites (N-methyl/N-ethyl adjacent to an activating group) is 1. The lowest BCUT2D eigenvalue weighted by atomic mass is 10.1. The first-order valence-electron chi connectivity index (χ1n) is 6.72. The van der Waals surface area contributed by atoms with Crippen LogP contribution in [0.4, 0.5) is 0 Å². The van der Waals surface area contributed by atoms with E-state index in [4.69, 9.17) is 0 Å². The summed E-state index contributed by atoms with van der Waals surface area (Å²) < 4.78 is 0. The molecule has 2 amide bonds. The largest absolute Gasteiger partial charge is 0.350 e. The molecule has 0 radical (unpaired) electrons. The SMILES string of the molecule is CC(C)c1cc(C(=O)N(C)CC(=O)NC(C)(C)C)n[nH]1. The summed E-state index contributed by atoms with van der Waals surface area (Å²) in [6, 6.07) is 1.73. The minimum atomic E-state index is -0.307. The number of rotatable bonds is 4. The molecule has 1 heterocycles. The van der Waals surface area contributed by atoms with Crippen LogP contribution in [0.2, 0.25) is 0 Å². The van der Waals surface area contributed by atoms with E-state index in [2.05, 4.69) is 15.5 Å². The Morgan fingerprint density at radius 2 is 2.00 bits per heavy atom. The van der Waals surface area contributed by atoms with Crippen molar-refractivity contribution < 1.29 is 9.59 Å². The number of aromatic amines is 1. The van der Waals surface area contributed by atoms with Crippen molar-refractivity contribution in [3.8, 4) is 0 Å². The summed E-state index contributed by atoms with van der Waals surface area (Å²) in [4.78, 5) is 25.3. The Balaban J connectivity index is 2.64. The molecule has 0 aromatic carbocycles. The van der Waals surface area contributed by atoms with Gasteiger partial charge in [-0.3, -0.25) is 14.7 Å². The molecule has 0 aliphatic carbocycles. The molecule has 2 N–H and O–H groups in total. The molecule has 6 nitrogen and oxygen atoms in total. The Morgan fingerprint density at radius 3 is 2.45 bits per heavy atom. The third-order valence-electron chi connectivity index (χ3n) is 2.68. The molecule has 0 aliphatic heterocycles. The van der Waals surface area contributed by atoms with E-state index in [-0.39, 0.29) is 29.8 Å². The Bertz CT molecular complexity index is 486. The lowest BCUT2D eigenvalue weighted by Crippen LogP contribution is -2.46. The first-order chi connectivity index (χ1) is 9.10. The van der Waals surface area contributed by atoms with Gasteiger partial charge in [0.05, 0.1) is 6.54 Å². The van der Waals surface area contributed by atoms with E-state index in [1.807, 2.05) is 34.6 Å². The predicted molar refractivity (Wildman–Crippen MR) is 77.5 cm³/mol. The molecule has 1 aromatic heterocycles. The van der Waals surface area contributed by atoms with Crippen LogP contribution in [0.5, 0.6) is 0 Å². The summed E-state index contributed by atoms with van der Waals surface area (Å²) >= 11 is 0. The average molecular weight is 280 g/mol. The van der Waals surface area contributed by atoms with E-state index in [1.165, 1.54) is 4.90 Å². The van der Waals surface area contributed by atoms with Gasteiger partial charge in [-0.2, -0.15) is 5.10 Å². The van der Waals surface area contributed by atoms with Gasteiger partial charge in [0.15, 0.2) is 0 Å². The second-order valence-electron chi connectivity index (χ2n) is 6.32. The molecule has 0 fully saturated rings. The van der Waals surface area contributed by atoms with E-state index in [1.54, 1.807) is 13.1 Å². The highest BCUT2D eigenvalue weighted by atomic mass is 16.2. The van der Waals surface area contributed by atoms with E-state index >= 15 is 0 Å². The van der Waals surface area contributed by atoms with Crippen LogP contribution in [-0.4, -0.2) is 46.0 Å². The average Bonchev–Trinajstić information content (AvgIpc) is 2.74. The van der Waals surface area contributed by atoms with E-state index in [9.17, 15) is 9.59 Å². The van der Waals surface area contributed by atoms with Crippen molar-refractivity contribution in [3.05, 3.63) is 17.5 Å². The molecule has 1 aromatic rings. The Morgan fingerprint density at radius 1 is 1.40 bits per heavy atom. The summed E-state index contributed by atoms with van der Waals surface area (Å²) in [6.07, 6.45) is 0. The zero-order valence-corrected chi connectivity index (χ0v) is 13.1. The molecular formula is C14H24N4O2. The molecule has 0 saturated heterocycles. The van der Waals surface area contributed by atoms with Crippen molar-refractivity contribution in [2.75, 3.05) is 13.6 Å². The number of carbonyl (C=O) groups is 2. The van der Waals surface area contributed by atoms with Gasteiger partial charge in [-0.25, -0.2) is 0 Å².